The Morgan fingerprint density at radius 2 is 2.06 bits per heavy atom. The van der Waals surface area contributed by atoms with Gasteiger partial charge in [0.2, 0.25) is 0 Å². The van der Waals surface area contributed by atoms with Crippen molar-refractivity contribution in [3.8, 4) is 0 Å². The van der Waals surface area contributed by atoms with Crippen molar-refractivity contribution in [1.82, 2.24) is 0 Å². The smallest absolute Gasteiger partial charge is 0.146 e. The van der Waals surface area contributed by atoms with E-state index < -0.39 is 17.3 Å². The molecule has 0 aliphatic carbocycles. The lowest BCUT2D eigenvalue weighted by Gasteiger charge is -2.30. The van der Waals surface area contributed by atoms with E-state index in [0.29, 0.717) is 5.56 Å². The molecule has 0 saturated carbocycles. The fourth-order valence-corrected chi connectivity index (χ4v) is 1.46. The zero-order valence-electron chi connectivity index (χ0n) is 9.21. The number of halogens is 3. The Hall–Kier alpha value is -0.350. The van der Waals surface area contributed by atoms with Crippen LogP contribution >= 0.6 is 24.0 Å². The average molecular weight is 268 g/mol. The molecule has 3 N–H and O–H groups in total. The van der Waals surface area contributed by atoms with Gasteiger partial charge >= 0.3 is 0 Å². The highest BCUT2D eigenvalue weighted by molar-refractivity contribution is 6.30. The predicted octanol–water partition coefficient (Wildman–Crippen LogP) is 2.92. The molecule has 0 aliphatic heterocycles. The number of aliphatic hydroxyl groups is 1. The van der Waals surface area contributed by atoms with Crippen LogP contribution in [0.3, 0.4) is 0 Å². The third-order valence-corrected chi connectivity index (χ3v) is 2.86. The number of nitrogens with two attached hydrogens (primary N) is 1. The first-order chi connectivity index (χ1) is 6.90. The fourth-order valence-electron chi connectivity index (χ4n) is 1.28. The average Bonchev–Trinajstić information content (AvgIpc) is 2.21. The second-order valence-corrected chi connectivity index (χ2v) is 4.67. The SMILES string of the molecule is CC(C)(CO)[C@@H](N)c1cccc(Cl)c1F.Cl. The first-order valence-corrected chi connectivity index (χ1v) is 5.08. The molecule has 1 aromatic carbocycles. The Morgan fingerprint density at radius 3 is 2.56 bits per heavy atom. The normalized spacial score (nSPS) is 13.1. The van der Waals surface area contributed by atoms with Crippen LogP contribution in [0.25, 0.3) is 0 Å². The molecule has 0 radical (unpaired) electrons. The monoisotopic (exact) mass is 267 g/mol. The molecule has 0 spiro atoms. The number of benzene rings is 1. The molecule has 1 rings (SSSR count). The minimum absolute atomic E-state index is 0. The molecule has 0 aromatic heterocycles. The number of rotatable bonds is 3. The molecule has 0 amide bonds. The van der Waals surface area contributed by atoms with E-state index >= 15 is 0 Å². The van der Waals surface area contributed by atoms with Crippen molar-refractivity contribution in [2.45, 2.75) is 19.9 Å². The van der Waals surface area contributed by atoms with E-state index in [9.17, 15) is 4.39 Å². The summed E-state index contributed by atoms with van der Waals surface area (Å²) in [5, 5.41) is 9.20. The zero-order chi connectivity index (χ0) is 11.6. The van der Waals surface area contributed by atoms with Crippen LogP contribution in [0.4, 0.5) is 4.39 Å². The molecule has 0 bridgehead atoms. The maximum Gasteiger partial charge on any atom is 0.146 e. The van der Waals surface area contributed by atoms with Gasteiger partial charge in [0.05, 0.1) is 5.02 Å². The molecular formula is C11H16Cl2FNO. The summed E-state index contributed by atoms with van der Waals surface area (Å²) in [5.74, 6) is -0.506. The van der Waals surface area contributed by atoms with E-state index in [-0.39, 0.29) is 24.0 Å². The molecule has 0 fully saturated rings. The molecule has 0 aliphatic rings. The molecule has 2 nitrogen and oxygen atoms in total. The van der Waals surface area contributed by atoms with Crippen LogP contribution in [0, 0.1) is 11.2 Å². The topological polar surface area (TPSA) is 46.2 Å². The van der Waals surface area contributed by atoms with Gasteiger partial charge in [0.25, 0.3) is 0 Å². The first kappa shape index (κ1) is 15.7. The number of aliphatic hydroxyl groups excluding tert-OH is 1. The Morgan fingerprint density at radius 1 is 1.50 bits per heavy atom. The van der Waals surface area contributed by atoms with E-state index in [4.69, 9.17) is 22.4 Å². The van der Waals surface area contributed by atoms with Crippen molar-refractivity contribution in [3.05, 3.63) is 34.6 Å². The molecule has 1 atom stereocenters. The minimum Gasteiger partial charge on any atom is -0.396 e. The lowest BCUT2D eigenvalue weighted by molar-refractivity contribution is 0.131. The van der Waals surface area contributed by atoms with Crippen molar-refractivity contribution in [2.75, 3.05) is 6.61 Å². The molecular weight excluding hydrogens is 252 g/mol. The fraction of sp³-hybridized carbons (Fsp3) is 0.455. The van der Waals surface area contributed by atoms with Gasteiger partial charge in [-0.05, 0) is 6.07 Å². The quantitative estimate of drug-likeness (QED) is 0.885. The Kier molecular flexibility index (Phi) is 5.70. The Balaban J connectivity index is 0.00000225. The highest BCUT2D eigenvalue weighted by atomic mass is 35.5. The van der Waals surface area contributed by atoms with Crippen molar-refractivity contribution < 1.29 is 9.50 Å². The predicted molar refractivity (Wildman–Crippen MR) is 66.5 cm³/mol. The summed E-state index contributed by atoms with van der Waals surface area (Å²) in [6, 6.07) is 4.12. The third kappa shape index (κ3) is 3.08. The summed E-state index contributed by atoms with van der Waals surface area (Å²) < 4.78 is 13.6. The van der Waals surface area contributed by atoms with E-state index in [1.165, 1.54) is 6.07 Å². The van der Waals surface area contributed by atoms with Gasteiger partial charge < -0.3 is 10.8 Å². The maximum atomic E-state index is 13.6. The summed E-state index contributed by atoms with van der Waals surface area (Å²) in [5.41, 5.74) is 5.65. The van der Waals surface area contributed by atoms with Crippen molar-refractivity contribution in [1.29, 1.82) is 0 Å². The van der Waals surface area contributed by atoms with Crippen molar-refractivity contribution in [2.24, 2.45) is 11.1 Å². The van der Waals surface area contributed by atoms with Gasteiger partial charge in [0.15, 0.2) is 0 Å². The summed E-state index contributed by atoms with van der Waals surface area (Å²) >= 11 is 5.66. The van der Waals surface area contributed by atoms with Crippen LogP contribution in [0.15, 0.2) is 18.2 Å². The summed E-state index contributed by atoms with van der Waals surface area (Å²) in [7, 11) is 0. The molecule has 16 heavy (non-hydrogen) atoms. The maximum absolute atomic E-state index is 13.6. The van der Waals surface area contributed by atoms with Crippen LogP contribution in [0.1, 0.15) is 25.5 Å². The van der Waals surface area contributed by atoms with Crippen LogP contribution in [0.2, 0.25) is 5.02 Å². The molecule has 1 aromatic rings. The van der Waals surface area contributed by atoms with Gasteiger partial charge in [-0.25, -0.2) is 4.39 Å². The zero-order valence-corrected chi connectivity index (χ0v) is 10.8. The summed E-state index contributed by atoms with van der Waals surface area (Å²) in [6.07, 6.45) is 0. The van der Waals surface area contributed by atoms with Gasteiger partial charge in [0, 0.05) is 23.6 Å². The van der Waals surface area contributed by atoms with Gasteiger partial charge in [0.1, 0.15) is 5.82 Å². The van der Waals surface area contributed by atoms with E-state index in [0.717, 1.165) is 0 Å². The van der Waals surface area contributed by atoms with Crippen molar-refractivity contribution in [3.63, 3.8) is 0 Å². The second kappa shape index (κ2) is 5.82. The molecule has 0 unspecified atom stereocenters. The largest absolute Gasteiger partial charge is 0.396 e. The summed E-state index contributed by atoms with van der Waals surface area (Å²) in [6.45, 7) is 3.44. The standard InChI is InChI=1S/C11H15ClFNO.ClH/c1-11(2,6-15)10(14)7-4-3-5-8(12)9(7)13;/h3-5,10,15H,6,14H2,1-2H3;1H/t10-;/m0./s1. The Labute approximate surface area is 106 Å². The highest BCUT2D eigenvalue weighted by Crippen LogP contribution is 2.33. The number of hydrogen-bond donors (Lipinski definition) is 2. The second-order valence-electron chi connectivity index (χ2n) is 4.27. The van der Waals surface area contributed by atoms with Gasteiger partial charge in [-0.2, -0.15) is 0 Å². The molecule has 0 saturated heterocycles. The summed E-state index contributed by atoms with van der Waals surface area (Å²) in [4.78, 5) is 0. The first-order valence-electron chi connectivity index (χ1n) is 4.70. The van der Waals surface area contributed by atoms with E-state index in [2.05, 4.69) is 0 Å². The van der Waals surface area contributed by atoms with Gasteiger partial charge in [-0.15, -0.1) is 12.4 Å². The molecule has 92 valence electrons. The van der Waals surface area contributed by atoms with Crippen LogP contribution in [-0.4, -0.2) is 11.7 Å². The van der Waals surface area contributed by atoms with Crippen LogP contribution in [-0.2, 0) is 0 Å². The van der Waals surface area contributed by atoms with Crippen LogP contribution < -0.4 is 5.73 Å². The molecule has 0 heterocycles. The van der Waals surface area contributed by atoms with E-state index in [1.54, 1.807) is 26.0 Å². The Bertz CT molecular complexity index is 358. The van der Waals surface area contributed by atoms with Crippen molar-refractivity contribution >= 4 is 24.0 Å². The van der Waals surface area contributed by atoms with Gasteiger partial charge in [-0.1, -0.05) is 37.6 Å². The third-order valence-electron chi connectivity index (χ3n) is 2.57. The minimum atomic E-state index is -0.582. The highest BCUT2D eigenvalue weighted by Gasteiger charge is 2.29. The molecule has 5 heteroatoms. The van der Waals surface area contributed by atoms with E-state index in [1.807, 2.05) is 0 Å². The lowest BCUT2D eigenvalue weighted by Crippen LogP contribution is -2.33. The van der Waals surface area contributed by atoms with Crippen LogP contribution in [0.5, 0.6) is 0 Å². The van der Waals surface area contributed by atoms with Gasteiger partial charge in [-0.3, -0.25) is 0 Å². The number of hydrogen-bond acceptors (Lipinski definition) is 2. The lowest BCUT2D eigenvalue weighted by atomic mass is 9.81.